The van der Waals surface area contributed by atoms with Gasteiger partial charge in [-0.1, -0.05) is 6.92 Å². The molecule has 0 bridgehead atoms. The second-order valence-electron chi connectivity index (χ2n) is 6.64. The molecule has 2 aliphatic heterocycles. The van der Waals surface area contributed by atoms with Crippen LogP contribution >= 0.6 is 0 Å². The molecule has 1 atom stereocenters. The van der Waals surface area contributed by atoms with Crippen LogP contribution in [0.4, 0.5) is 5.69 Å². The molecule has 2 fully saturated rings. The summed E-state index contributed by atoms with van der Waals surface area (Å²) in [4.78, 5) is 18.7. The summed E-state index contributed by atoms with van der Waals surface area (Å²) in [5.74, 6) is 0.638. The number of nitrogens with one attached hydrogen (secondary N) is 1. The topological polar surface area (TPSA) is 79.4 Å². The molecule has 0 aromatic carbocycles. The van der Waals surface area contributed by atoms with Crippen LogP contribution in [0, 0.1) is 5.92 Å². The van der Waals surface area contributed by atoms with Gasteiger partial charge in [0.1, 0.15) is 5.69 Å². The SMILES string of the molecule is CC1CCN(c2ccnc(C(=O)NC3CCS(=O)(=O)C3)c2)CC1. The zero-order valence-corrected chi connectivity index (χ0v) is 14.2. The molecule has 1 N–H and O–H groups in total. The van der Waals surface area contributed by atoms with Crippen molar-refractivity contribution in [2.24, 2.45) is 5.92 Å². The summed E-state index contributed by atoms with van der Waals surface area (Å²) in [7, 11) is -3.00. The molecule has 0 radical (unpaired) electrons. The number of rotatable bonds is 3. The Morgan fingerprint density at radius 3 is 2.70 bits per heavy atom. The number of carbonyl (C=O) groups is 1. The molecule has 3 rings (SSSR count). The molecular formula is C16H23N3O3S. The van der Waals surface area contributed by atoms with Crippen molar-refractivity contribution in [1.29, 1.82) is 0 Å². The predicted octanol–water partition coefficient (Wildman–Crippen LogP) is 1.23. The van der Waals surface area contributed by atoms with Crippen molar-refractivity contribution in [3.63, 3.8) is 0 Å². The van der Waals surface area contributed by atoms with Crippen LogP contribution in [0.5, 0.6) is 0 Å². The Morgan fingerprint density at radius 2 is 2.04 bits per heavy atom. The lowest BCUT2D eigenvalue weighted by Gasteiger charge is -2.32. The van der Waals surface area contributed by atoms with E-state index in [0.717, 1.165) is 37.5 Å². The van der Waals surface area contributed by atoms with Crippen LogP contribution in [-0.2, 0) is 9.84 Å². The van der Waals surface area contributed by atoms with Crippen molar-refractivity contribution in [2.75, 3.05) is 29.5 Å². The number of anilines is 1. The van der Waals surface area contributed by atoms with Crippen LogP contribution in [0.1, 0.15) is 36.7 Å². The zero-order chi connectivity index (χ0) is 16.4. The number of aromatic nitrogens is 1. The molecule has 1 aromatic rings. The number of hydrogen-bond acceptors (Lipinski definition) is 5. The van der Waals surface area contributed by atoms with Crippen LogP contribution in [0.25, 0.3) is 0 Å². The van der Waals surface area contributed by atoms with E-state index in [2.05, 4.69) is 22.1 Å². The van der Waals surface area contributed by atoms with E-state index >= 15 is 0 Å². The van der Waals surface area contributed by atoms with Gasteiger partial charge in [0.2, 0.25) is 0 Å². The summed E-state index contributed by atoms with van der Waals surface area (Å²) >= 11 is 0. The molecule has 1 aromatic heterocycles. The number of amides is 1. The van der Waals surface area contributed by atoms with E-state index in [9.17, 15) is 13.2 Å². The van der Waals surface area contributed by atoms with Gasteiger partial charge in [-0.2, -0.15) is 0 Å². The van der Waals surface area contributed by atoms with Crippen molar-refractivity contribution < 1.29 is 13.2 Å². The second-order valence-corrected chi connectivity index (χ2v) is 8.87. The molecule has 2 saturated heterocycles. The van der Waals surface area contributed by atoms with E-state index in [1.165, 1.54) is 0 Å². The molecule has 7 heteroatoms. The zero-order valence-electron chi connectivity index (χ0n) is 13.4. The number of nitrogens with zero attached hydrogens (tertiary/aromatic N) is 2. The van der Waals surface area contributed by atoms with E-state index in [1.54, 1.807) is 12.3 Å². The van der Waals surface area contributed by atoms with Crippen molar-refractivity contribution in [2.45, 2.75) is 32.2 Å². The third-order valence-corrected chi connectivity index (χ3v) is 6.46. The van der Waals surface area contributed by atoms with Crippen molar-refractivity contribution in [3.05, 3.63) is 24.0 Å². The lowest BCUT2D eigenvalue weighted by Crippen LogP contribution is -2.36. The number of piperidine rings is 1. The van der Waals surface area contributed by atoms with E-state index in [-0.39, 0.29) is 23.5 Å². The van der Waals surface area contributed by atoms with Gasteiger partial charge in [-0.15, -0.1) is 0 Å². The van der Waals surface area contributed by atoms with Gasteiger partial charge in [0.05, 0.1) is 11.5 Å². The number of sulfone groups is 1. The van der Waals surface area contributed by atoms with Gasteiger partial charge in [0.25, 0.3) is 5.91 Å². The Bertz CT molecular complexity index is 682. The third-order valence-electron chi connectivity index (χ3n) is 4.69. The maximum atomic E-state index is 12.3. The highest BCUT2D eigenvalue weighted by Crippen LogP contribution is 2.23. The van der Waals surface area contributed by atoms with E-state index in [1.807, 2.05) is 6.07 Å². The molecule has 1 unspecified atom stereocenters. The largest absolute Gasteiger partial charge is 0.371 e. The lowest BCUT2D eigenvalue weighted by atomic mass is 9.99. The smallest absolute Gasteiger partial charge is 0.270 e. The Balaban J connectivity index is 1.66. The molecule has 23 heavy (non-hydrogen) atoms. The van der Waals surface area contributed by atoms with Crippen molar-refractivity contribution in [1.82, 2.24) is 10.3 Å². The lowest BCUT2D eigenvalue weighted by molar-refractivity contribution is 0.0936. The minimum Gasteiger partial charge on any atom is -0.371 e. The van der Waals surface area contributed by atoms with Gasteiger partial charge in [0, 0.05) is 31.0 Å². The van der Waals surface area contributed by atoms with Crippen LogP contribution in [0.2, 0.25) is 0 Å². The number of pyridine rings is 1. The minimum atomic E-state index is -3.00. The van der Waals surface area contributed by atoms with Crippen LogP contribution in [-0.4, -0.2) is 49.9 Å². The minimum absolute atomic E-state index is 0.0302. The van der Waals surface area contributed by atoms with Crippen LogP contribution < -0.4 is 10.2 Å². The van der Waals surface area contributed by atoms with E-state index in [4.69, 9.17) is 0 Å². The highest BCUT2D eigenvalue weighted by atomic mass is 32.2. The molecular weight excluding hydrogens is 314 g/mol. The van der Waals surface area contributed by atoms with Gasteiger partial charge < -0.3 is 10.2 Å². The highest BCUT2D eigenvalue weighted by molar-refractivity contribution is 7.91. The Morgan fingerprint density at radius 1 is 1.30 bits per heavy atom. The average Bonchev–Trinajstić information content (AvgIpc) is 2.87. The summed E-state index contributed by atoms with van der Waals surface area (Å²) in [6.07, 6.45) is 4.44. The molecule has 0 saturated carbocycles. The Kier molecular flexibility index (Phi) is 4.57. The first-order valence-corrected chi connectivity index (χ1v) is 9.97. The fourth-order valence-electron chi connectivity index (χ4n) is 3.18. The van der Waals surface area contributed by atoms with Crippen molar-refractivity contribution >= 4 is 21.4 Å². The Hall–Kier alpha value is -1.63. The maximum absolute atomic E-state index is 12.3. The third kappa shape index (κ3) is 4.02. The van der Waals surface area contributed by atoms with Crippen molar-refractivity contribution in [3.8, 4) is 0 Å². The monoisotopic (exact) mass is 337 g/mol. The van der Waals surface area contributed by atoms with Gasteiger partial charge in [0.15, 0.2) is 9.84 Å². The standard InChI is InChI=1S/C16H23N3O3S/c1-12-3-7-19(8-4-12)14-2-6-17-15(10-14)16(20)18-13-5-9-23(21,22)11-13/h2,6,10,12-13H,3-5,7-9,11H2,1H3,(H,18,20). The van der Waals surface area contributed by atoms with Gasteiger partial charge in [-0.25, -0.2) is 8.42 Å². The molecule has 1 amide bonds. The quantitative estimate of drug-likeness (QED) is 0.897. The molecule has 0 spiro atoms. The van der Waals surface area contributed by atoms with Gasteiger partial charge >= 0.3 is 0 Å². The van der Waals surface area contributed by atoms with E-state index in [0.29, 0.717) is 12.1 Å². The van der Waals surface area contributed by atoms with Crippen LogP contribution in [0.3, 0.4) is 0 Å². The maximum Gasteiger partial charge on any atom is 0.270 e. The molecule has 2 aliphatic rings. The van der Waals surface area contributed by atoms with Gasteiger partial charge in [-0.3, -0.25) is 9.78 Å². The molecule has 3 heterocycles. The summed E-state index contributed by atoms with van der Waals surface area (Å²) in [6, 6.07) is 3.43. The average molecular weight is 337 g/mol. The second kappa shape index (κ2) is 6.47. The first-order valence-electron chi connectivity index (χ1n) is 8.15. The highest BCUT2D eigenvalue weighted by Gasteiger charge is 2.29. The predicted molar refractivity (Wildman–Crippen MR) is 89.4 cm³/mol. The number of hydrogen-bond donors (Lipinski definition) is 1. The summed E-state index contributed by atoms with van der Waals surface area (Å²) in [6.45, 7) is 4.25. The first kappa shape index (κ1) is 16.2. The number of carbonyl (C=O) groups excluding carboxylic acids is 1. The molecule has 0 aliphatic carbocycles. The first-order chi connectivity index (χ1) is 10.9. The van der Waals surface area contributed by atoms with E-state index < -0.39 is 9.84 Å². The summed E-state index contributed by atoms with van der Waals surface area (Å²) < 4.78 is 22.9. The fraction of sp³-hybridized carbons (Fsp3) is 0.625. The summed E-state index contributed by atoms with van der Waals surface area (Å²) in [5.41, 5.74) is 1.36. The molecule has 6 nitrogen and oxygen atoms in total. The Labute approximate surface area is 137 Å². The fourth-order valence-corrected chi connectivity index (χ4v) is 4.85. The summed E-state index contributed by atoms with van der Waals surface area (Å²) in [5, 5.41) is 2.79. The molecule has 126 valence electrons. The van der Waals surface area contributed by atoms with Gasteiger partial charge in [-0.05, 0) is 37.3 Å². The normalized spacial score (nSPS) is 24.6. The van der Waals surface area contributed by atoms with Crippen LogP contribution in [0.15, 0.2) is 18.3 Å².